The van der Waals surface area contributed by atoms with Crippen LogP contribution >= 0.6 is 0 Å². The number of hydrogen-bond acceptors (Lipinski definition) is 13. The van der Waals surface area contributed by atoms with Crippen LogP contribution in [-0.4, -0.2) is 110 Å². The number of fused-ring (bicyclic) bond motifs is 8. The molecular formula is C31H40O13. The van der Waals surface area contributed by atoms with Crippen LogP contribution < -0.4 is 5.63 Å². The van der Waals surface area contributed by atoms with Gasteiger partial charge in [-0.25, -0.2) is 4.79 Å². The maximum Gasteiger partial charge on any atom is 0.335 e. The molecule has 7 rings (SSSR count). The van der Waals surface area contributed by atoms with E-state index in [1.807, 2.05) is 0 Å². The number of rotatable bonds is 2. The van der Waals surface area contributed by atoms with Crippen molar-refractivity contribution in [2.45, 2.75) is 118 Å². The summed E-state index contributed by atoms with van der Waals surface area (Å²) >= 11 is 0. The minimum Gasteiger partial charge on any atom is -0.431 e. The SMILES string of the molecule is CO[C@]12O[C@@H]3C=C4[C@H](O)C[C@]5(O)[C@H]([C@H](O)C(=O)[C@]6(C)[C@@H](c7ccc(=O)oc7)CC[C@]56O)[C@@]4(C)C[C@H]3O[C@H](O[C@@H](C)[C@H]1O)[C@@H]2O. The molecule has 242 valence electrons. The van der Waals surface area contributed by atoms with Crippen LogP contribution in [0.3, 0.4) is 0 Å². The van der Waals surface area contributed by atoms with Crippen LogP contribution in [0.2, 0.25) is 0 Å². The van der Waals surface area contributed by atoms with Gasteiger partial charge in [0.1, 0.15) is 29.5 Å². The van der Waals surface area contributed by atoms with Crippen molar-refractivity contribution in [3.8, 4) is 0 Å². The number of methoxy groups -OCH3 is 1. The molecule has 3 heterocycles. The van der Waals surface area contributed by atoms with E-state index in [1.165, 1.54) is 32.4 Å². The first-order valence-electron chi connectivity index (χ1n) is 15.1. The van der Waals surface area contributed by atoms with Crippen molar-refractivity contribution in [1.82, 2.24) is 0 Å². The Hall–Kier alpha value is -2.04. The van der Waals surface area contributed by atoms with Gasteiger partial charge in [0.05, 0.1) is 30.0 Å². The summed E-state index contributed by atoms with van der Waals surface area (Å²) in [6.07, 6.45) is -7.25. The van der Waals surface area contributed by atoms with Gasteiger partial charge in [0.2, 0.25) is 5.79 Å². The molecule has 1 aromatic rings. The van der Waals surface area contributed by atoms with E-state index in [4.69, 9.17) is 23.4 Å². The largest absolute Gasteiger partial charge is 0.431 e. The summed E-state index contributed by atoms with van der Waals surface area (Å²) in [5.74, 6) is -4.51. The Bertz CT molecular complexity index is 1440. The third kappa shape index (κ3) is 3.48. The van der Waals surface area contributed by atoms with E-state index < -0.39 is 100 Å². The number of hydrogen-bond donors (Lipinski definition) is 6. The fourth-order valence-corrected chi connectivity index (χ4v) is 9.98. The van der Waals surface area contributed by atoms with Crippen molar-refractivity contribution in [1.29, 1.82) is 0 Å². The number of carbonyl (C=O) groups excluding carboxylic acids is 1. The van der Waals surface area contributed by atoms with Gasteiger partial charge in [0.15, 0.2) is 18.2 Å². The highest BCUT2D eigenvalue weighted by Crippen LogP contribution is 2.70. The van der Waals surface area contributed by atoms with Crippen molar-refractivity contribution in [2.75, 3.05) is 7.11 Å². The predicted molar refractivity (Wildman–Crippen MR) is 147 cm³/mol. The third-order valence-electron chi connectivity index (χ3n) is 12.2. The molecule has 2 saturated heterocycles. The van der Waals surface area contributed by atoms with Gasteiger partial charge in [-0.05, 0) is 50.3 Å². The first-order chi connectivity index (χ1) is 20.6. The van der Waals surface area contributed by atoms with Gasteiger partial charge in [-0.3, -0.25) is 4.79 Å². The summed E-state index contributed by atoms with van der Waals surface area (Å²) in [6, 6.07) is 2.74. The summed E-state index contributed by atoms with van der Waals surface area (Å²) in [4.78, 5) is 25.9. The highest BCUT2D eigenvalue weighted by atomic mass is 16.8. The molecule has 0 spiro atoms. The van der Waals surface area contributed by atoms with E-state index in [2.05, 4.69) is 0 Å². The Kier molecular flexibility index (Phi) is 6.61. The van der Waals surface area contributed by atoms with Crippen LogP contribution in [-0.2, 0) is 23.7 Å². The van der Waals surface area contributed by atoms with E-state index >= 15 is 0 Å². The van der Waals surface area contributed by atoms with Crippen molar-refractivity contribution in [3.63, 3.8) is 0 Å². The quantitative estimate of drug-likeness (QED) is 0.225. The lowest BCUT2D eigenvalue weighted by molar-refractivity contribution is -0.385. The van der Waals surface area contributed by atoms with Gasteiger partial charge in [0, 0.05) is 36.8 Å². The Morgan fingerprint density at radius 2 is 1.73 bits per heavy atom. The molecule has 5 fully saturated rings. The van der Waals surface area contributed by atoms with Gasteiger partial charge in [0.25, 0.3) is 0 Å². The zero-order valence-electron chi connectivity index (χ0n) is 25.0. The summed E-state index contributed by atoms with van der Waals surface area (Å²) in [6.45, 7) is 4.81. The van der Waals surface area contributed by atoms with Crippen LogP contribution in [0, 0.1) is 16.7 Å². The molecule has 15 atom stereocenters. The molecule has 0 unspecified atom stereocenters. The van der Waals surface area contributed by atoms with Crippen LogP contribution in [0.4, 0.5) is 0 Å². The zero-order chi connectivity index (χ0) is 31.8. The number of aliphatic hydroxyl groups is 6. The Morgan fingerprint density at radius 1 is 1.00 bits per heavy atom. The molecule has 44 heavy (non-hydrogen) atoms. The molecule has 4 aliphatic carbocycles. The van der Waals surface area contributed by atoms with E-state index in [0.717, 1.165) is 0 Å². The second-order valence-corrected chi connectivity index (χ2v) is 14.0. The molecule has 0 radical (unpaired) electrons. The number of aliphatic hydroxyl groups excluding tert-OH is 4. The van der Waals surface area contributed by atoms with Crippen molar-refractivity contribution >= 4 is 5.78 Å². The van der Waals surface area contributed by atoms with Crippen LogP contribution in [0.15, 0.2) is 39.3 Å². The normalized spacial score (nSPS) is 54.8. The molecule has 13 heteroatoms. The Morgan fingerprint density at radius 3 is 2.39 bits per heavy atom. The van der Waals surface area contributed by atoms with Crippen molar-refractivity contribution < 1.29 is 58.8 Å². The fourth-order valence-electron chi connectivity index (χ4n) is 9.98. The van der Waals surface area contributed by atoms with Gasteiger partial charge in [-0.1, -0.05) is 13.0 Å². The number of ether oxygens (including phenoxy) is 4. The molecule has 6 N–H and O–H groups in total. The van der Waals surface area contributed by atoms with Crippen LogP contribution in [0.25, 0.3) is 0 Å². The summed E-state index contributed by atoms with van der Waals surface area (Å²) in [5, 5.41) is 70.8. The highest BCUT2D eigenvalue weighted by molar-refractivity contribution is 5.93. The zero-order valence-corrected chi connectivity index (χ0v) is 25.0. The molecule has 2 aliphatic heterocycles. The molecular weight excluding hydrogens is 580 g/mol. The average molecular weight is 621 g/mol. The topological polar surface area (TPSA) is 206 Å². The molecule has 13 nitrogen and oxygen atoms in total. The molecule has 3 saturated carbocycles. The smallest absolute Gasteiger partial charge is 0.335 e. The predicted octanol–water partition coefficient (Wildman–Crippen LogP) is -0.760. The fraction of sp³-hybridized carbons (Fsp3) is 0.742. The molecule has 1 aromatic heterocycles. The second-order valence-electron chi connectivity index (χ2n) is 14.0. The second kappa shape index (κ2) is 9.50. The van der Waals surface area contributed by atoms with E-state index in [9.17, 15) is 40.2 Å². The first kappa shape index (κ1) is 30.6. The summed E-state index contributed by atoms with van der Waals surface area (Å²) in [5.41, 5.74) is -6.90. The number of ketones is 1. The first-order valence-corrected chi connectivity index (χ1v) is 15.1. The van der Waals surface area contributed by atoms with Crippen LogP contribution in [0.1, 0.15) is 57.9 Å². The average Bonchev–Trinajstić information content (AvgIpc) is 3.22. The van der Waals surface area contributed by atoms with Crippen molar-refractivity contribution in [3.05, 3.63) is 46.0 Å². The number of Topliss-reactive ketones (excluding diaryl/α,β-unsaturated/α-hetero) is 1. The standard InChI is InChI=1S/C31H40O13/c1-13-23(35)31(40-4)25(37)26(42-13)43-19-11-27(2)16(9-18(19)44-31)17(32)10-29(38)22(27)21(34)24(36)28(3)15(7-8-30(28,29)39)14-5-6-20(33)41-12-14/h5-6,9,12-13,15,17-19,21-23,25-26,32,34-35,37-39H,7-8,10-11H2,1-4H3/t13-,15+,17+,18+,19+,21-,22+,23+,25-,26-,27-,28-,29-,30+,31-/m0/s1. The highest BCUT2D eigenvalue weighted by Gasteiger charge is 2.80. The van der Waals surface area contributed by atoms with Gasteiger partial charge >= 0.3 is 5.63 Å². The van der Waals surface area contributed by atoms with Crippen LogP contribution in [0.5, 0.6) is 0 Å². The van der Waals surface area contributed by atoms with Gasteiger partial charge in [-0.15, -0.1) is 0 Å². The lowest BCUT2D eigenvalue weighted by Crippen LogP contribution is -2.79. The van der Waals surface area contributed by atoms with Gasteiger partial charge < -0.3 is 54.0 Å². The lowest BCUT2D eigenvalue weighted by Gasteiger charge is -2.67. The lowest BCUT2D eigenvalue weighted by atomic mass is 9.41. The minimum atomic E-state index is -2.13. The van der Waals surface area contributed by atoms with Gasteiger partial charge in [-0.2, -0.15) is 0 Å². The molecule has 0 aromatic carbocycles. The van der Waals surface area contributed by atoms with E-state index in [0.29, 0.717) is 11.1 Å². The summed E-state index contributed by atoms with van der Waals surface area (Å²) < 4.78 is 28.9. The van der Waals surface area contributed by atoms with Crippen molar-refractivity contribution in [2.24, 2.45) is 16.7 Å². The van der Waals surface area contributed by atoms with E-state index in [1.54, 1.807) is 19.9 Å². The van der Waals surface area contributed by atoms with E-state index in [-0.39, 0.29) is 25.7 Å². The molecule has 0 amide bonds. The minimum absolute atomic E-state index is 0.00517. The number of carbonyl (C=O) groups is 1. The maximum atomic E-state index is 14.3. The monoisotopic (exact) mass is 620 g/mol. The maximum absolute atomic E-state index is 14.3. The Balaban J connectivity index is 1.32. The molecule has 2 bridgehead atoms. The summed E-state index contributed by atoms with van der Waals surface area (Å²) in [7, 11) is 1.29. The Labute approximate surface area is 253 Å². The molecule has 6 aliphatic rings. The third-order valence-corrected chi connectivity index (χ3v) is 12.2.